The van der Waals surface area contributed by atoms with E-state index in [-0.39, 0.29) is 12.3 Å². The van der Waals surface area contributed by atoms with Crippen molar-refractivity contribution in [3.63, 3.8) is 0 Å². The highest BCUT2D eigenvalue weighted by Gasteiger charge is 2.31. The molecule has 0 heterocycles. The summed E-state index contributed by atoms with van der Waals surface area (Å²) in [6.45, 7) is 2.88. The molecule has 2 amide bonds. The molecular weight excluding hydrogens is 299 g/mol. The minimum atomic E-state index is -4.50. The molecule has 0 saturated heterocycles. The number of rotatable bonds is 4. The van der Waals surface area contributed by atoms with E-state index < -0.39 is 23.3 Å². The number of alkyl halides is 3. The van der Waals surface area contributed by atoms with Gasteiger partial charge in [-0.3, -0.25) is 0 Å². The summed E-state index contributed by atoms with van der Waals surface area (Å²) in [5.74, 6) is 0. The Hall–Kier alpha value is -1.96. The zero-order chi connectivity index (χ0) is 17.1. The number of nitrogens with zero attached hydrogens (tertiary/aromatic N) is 1. The van der Waals surface area contributed by atoms with Crippen LogP contribution in [0.25, 0.3) is 0 Å². The van der Waals surface area contributed by atoms with Crippen LogP contribution in [0.15, 0.2) is 18.2 Å². The fourth-order valence-corrected chi connectivity index (χ4v) is 1.70. The third-order valence-corrected chi connectivity index (χ3v) is 2.90. The van der Waals surface area contributed by atoms with E-state index in [1.54, 1.807) is 32.8 Å². The third kappa shape index (κ3) is 4.80. The molecule has 1 aromatic rings. The summed E-state index contributed by atoms with van der Waals surface area (Å²) in [7, 11) is 3.31. The van der Waals surface area contributed by atoms with Gasteiger partial charge < -0.3 is 20.6 Å². The van der Waals surface area contributed by atoms with Gasteiger partial charge in [-0.15, -0.1) is 0 Å². The van der Waals surface area contributed by atoms with Crippen molar-refractivity contribution in [1.29, 1.82) is 0 Å². The minimum absolute atomic E-state index is 0.0334. The standard InChI is InChI=1S/C14H20F3N3O2/c1-13(2,8-21)19-12(22)18-10-7-9(14(15,16)17)5-6-11(10)20(3)4/h5-7,21H,8H2,1-4H3,(H2,18,19,22). The van der Waals surface area contributed by atoms with Crippen LogP contribution in [0.2, 0.25) is 0 Å². The van der Waals surface area contributed by atoms with Gasteiger partial charge in [0.1, 0.15) is 0 Å². The molecule has 0 aliphatic rings. The van der Waals surface area contributed by atoms with Gasteiger partial charge in [-0.25, -0.2) is 4.79 Å². The number of amides is 2. The maximum Gasteiger partial charge on any atom is 0.416 e. The summed E-state index contributed by atoms with van der Waals surface area (Å²) in [6.07, 6.45) is -4.50. The second-order valence-electron chi connectivity index (χ2n) is 5.75. The molecule has 1 rings (SSSR count). The molecule has 0 unspecified atom stereocenters. The Balaban J connectivity index is 3.07. The number of hydrogen-bond acceptors (Lipinski definition) is 3. The zero-order valence-electron chi connectivity index (χ0n) is 12.9. The van der Waals surface area contributed by atoms with Gasteiger partial charge in [-0.2, -0.15) is 13.2 Å². The highest BCUT2D eigenvalue weighted by atomic mass is 19.4. The van der Waals surface area contributed by atoms with Gasteiger partial charge in [0.05, 0.1) is 29.1 Å². The minimum Gasteiger partial charge on any atom is -0.394 e. The molecule has 0 aromatic heterocycles. The summed E-state index contributed by atoms with van der Waals surface area (Å²) in [5, 5.41) is 14.0. The quantitative estimate of drug-likeness (QED) is 0.799. The van der Waals surface area contributed by atoms with E-state index in [0.717, 1.165) is 12.1 Å². The second kappa shape index (κ2) is 6.43. The van der Waals surface area contributed by atoms with Gasteiger partial charge in [-0.05, 0) is 32.0 Å². The first-order chi connectivity index (χ1) is 9.96. The van der Waals surface area contributed by atoms with Crippen molar-refractivity contribution in [3.05, 3.63) is 23.8 Å². The van der Waals surface area contributed by atoms with Crippen LogP contribution >= 0.6 is 0 Å². The van der Waals surface area contributed by atoms with Gasteiger partial charge in [0.25, 0.3) is 0 Å². The summed E-state index contributed by atoms with van der Waals surface area (Å²) in [5.41, 5.74) is -1.27. The lowest BCUT2D eigenvalue weighted by Crippen LogP contribution is -2.48. The van der Waals surface area contributed by atoms with Crippen molar-refractivity contribution in [2.45, 2.75) is 25.6 Å². The lowest BCUT2D eigenvalue weighted by molar-refractivity contribution is -0.137. The Labute approximate surface area is 127 Å². The van der Waals surface area contributed by atoms with Crippen molar-refractivity contribution >= 4 is 17.4 Å². The lowest BCUT2D eigenvalue weighted by Gasteiger charge is -2.25. The van der Waals surface area contributed by atoms with Gasteiger partial charge in [0, 0.05) is 14.1 Å². The molecule has 0 radical (unpaired) electrons. The molecular formula is C14H20F3N3O2. The summed E-state index contributed by atoms with van der Waals surface area (Å²) in [4.78, 5) is 13.5. The van der Waals surface area contributed by atoms with Crippen molar-refractivity contribution in [2.75, 3.05) is 30.9 Å². The summed E-state index contributed by atoms with van der Waals surface area (Å²) in [6, 6.07) is 2.42. The SMILES string of the molecule is CN(C)c1ccc(C(F)(F)F)cc1NC(=O)NC(C)(C)CO. The largest absolute Gasteiger partial charge is 0.416 e. The molecule has 0 spiro atoms. The molecule has 8 heteroatoms. The maximum absolute atomic E-state index is 12.8. The van der Waals surface area contributed by atoms with E-state index >= 15 is 0 Å². The van der Waals surface area contributed by atoms with Crippen LogP contribution in [0.1, 0.15) is 19.4 Å². The second-order valence-corrected chi connectivity index (χ2v) is 5.75. The predicted molar refractivity (Wildman–Crippen MR) is 79.1 cm³/mol. The predicted octanol–water partition coefficient (Wildman–Crippen LogP) is 2.66. The molecule has 0 fully saturated rings. The normalized spacial score (nSPS) is 12.0. The van der Waals surface area contributed by atoms with E-state index in [4.69, 9.17) is 5.11 Å². The Bertz CT molecular complexity index is 543. The highest BCUT2D eigenvalue weighted by molar-refractivity contribution is 5.93. The van der Waals surface area contributed by atoms with Gasteiger partial charge in [-0.1, -0.05) is 0 Å². The number of nitrogens with one attached hydrogen (secondary N) is 2. The number of halogens is 3. The molecule has 0 atom stereocenters. The van der Waals surface area contributed by atoms with Crippen molar-refractivity contribution in [3.8, 4) is 0 Å². The average molecular weight is 319 g/mol. The molecule has 22 heavy (non-hydrogen) atoms. The van der Waals surface area contributed by atoms with E-state index in [1.807, 2.05) is 0 Å². The first-order valence-corrected chi connectivity index (χ1v) is 6.55. The molecule has 3 N–H and O–H groups in total. The number of aliphatic hydroxyl groups excluding tert-OH is 1. The fourth-order valence-electron chi connectivity index (χ4n) is 1.70. The molecule has 5 nitrogen and oxygen atoms in total. The number of anilines is 2. The monoisotopic (exact) mass is 319 g/mol. The maximum atomic E-state index is 12.8. The fraction of sp³-hybridized carbons (Fsp3) is 0.500. The number of aliphatic hydroxyl groups is 1. The van der Waals surface area contributed by atoms with Crippen molar-refractivity contribution < 1.29 is 23.1 Å². The number of urea groups is 1. The van der Waals surface area contributed by atoms with Crippen molar-refractivity contribution in [2.24, 2.45) is 0 Å². The van der Waals surface area contributed by atoms with E-state index in [9.17, 15) is 18.0 Å². The topological polar surface area (TPSA) is 64.6 Å². The number of carbonyl (C=O) groups is 1. The number of hydrogen-bond donors (Lipinski definition) is 3. The molecule has 0 saturated carbocycles. The molecule has 0 aliphatic carbocycles. The van der Waals surface area contributed by atoms with E-state index in [1.165, 1.54) is 6.07 Å². The first-order valence-electron chi connectivity index (χ1n) is 6.55. The molecule has 0 aliphatic heterocycles. The molecule has 124 valence electrons. The Morgan fingerprint density at radius 2 is 1.86 bits per heavy atom. The first kappa shape index (κ1) is 18.1. The van der Waals surface area contributed by atoms with Gasteiger partial charge in [0.15, 0.2) is 0 Å². The smallest absolute Gasteiger partial charge is 0.394 e. The molecule has 1 aromatic carbocycles. The third-order valence-electron chi connectivity index (χ3n) is 2.90. The molecule has 0 bridgehead atoms. The Morgan fingerprint density at radius 1 is 1.27 bits per heavy atom. The van der Waals surface area contributed by atoms with Crippen LogP contribution in [-0.4, -0.2) is 37.4 Å². The summed E-state index contributed by atoms with van der Waals surface area (Å²) < 4.78 is 38.4. The lowest BCUT2D eigenvalue weighted by atomic mass is 10.1. The van der Waals surface area contributed by atoms with E-state index in [0.29, 0.717) is 5.69 Å². The Morgan fingerprint density at radius 3 is 2.32 bits per heavy atom. The highest BCUT2D eigenvalue weighted by Crippen LogP contribution is 2.34. The van der Waals surface area contributed by atoms with Crippen LogP contribution < -0.4 is 15.5 Å². The van der Waals surface area contributed by atoms with Gasteiger partial charge in [0.2, 0.25) is 0 Å². The van der Waals surface area contributed by atoms with Crippen molar-refractivity contribution in [1.82, 2.24) is 5.32 Å². The average Bonchev–Trinajstić information content (AvgIpc) is 2.36. The zero-order valence-corrected chi connectivity index (χ0v) is 12.9. The number of carbonyl (C=O) groups excluding carboxylic acids is 1. The van der Waals surface area contributed by atoms with Gasteiger partial charge >= 0.3 is 12.2 Å². The number of benzene rings is 1. The Kier molecular flexibility index (Phi) is 5.29. The van der Waals surface area contributed by atoms with Crippen LogP contribution in [-0.2, 0) is 6.18 Å². The van der Waals surface area contributed by atoms with Crippen LogP contribution in [0.5, 0.6) is 0 Å². The van der Waals surface area contributed by atoms with E-state index in [2.05, 4.69) is 10.6 Å². The van der Waals surface area contributed by atoms with Crippen LogP contribution in [0, 0.1) is 0 Å². The summed E-state index contributed by atoms with van der Waals surface area (Å²) >= 11 is 0. The van der Waals surface area contributed by atoms with Crippen LogP contribution in [0.3, 0.4) is 0 Å². The van der Waals surface area contributed by atoms with Crippen LogP contribution in [0.4, 0.5) is 29.3 Å².